The first-order chi connectivity index (χ1) is 9.73. The first kappa shape index (κ1) is 16.1. The maximum atomic E-state index is 12.6. The quantitative estimate of drug-likeness (QED) is 0.322. The van der Waals surface area contributed by atoms with Crippen molar-refractivity contribution in [1.29, 1.82) is 0 Å². The van der Waals surface area contributed by atoms with Crippen LogP contribution in [-0.4, -0.2) is 23.0 Å². The molecule has 0 aromatic heterocycles. The number of hydrogen-bond donors (Lipinski definition) is 3. The molecule has 120 valence electrons. The molecule has 21 heavy (non-hydrogen) atoms. The highest BCUT2D eigenvalue weighted by molar-refractivity contribution is 5.92. The third kappa shape index (κ3) is 2.74. The summed E-state index contributed by atoms with van der Waals surface area (Å²) in [4.78, 5) is 12.6. The molecular weight excluding hydrogens is 266 g/mol. The number of oxime groups is 1. The van der Waals surface area contributed by atoms with Crippen molar-refractivity contribution in [2.24, 2.45) is 33.6 Å². The Hall–Kier alpha value is -1.26. The minimum atomic E-state index is -0.338. The first-order valence-corrected chi connectivity index (χ1v) is 8.01. The van der Waals surface area contributed by atoms with E-state index in [0.717, 1.165) is 25.7 Å². The summed E-state index contributed by atoms with van der Waals surface area (Å²) in [5, 5.41) is 15.2. The molecule has 2 fully saturated rings. The van der Waals surface area contributed by atoms with Crippen LogP contribution in [0.5, 0.6) is 0 Å². The maximum absolute atomic E-state index is 12.6. The predicted octanol–water partition coefficient (Wildman–Crippen LogP) is 2.48. The number of nitrogens with two attached hydrogens (primary N) is 1. The number of rotatable bonds is 4. The summed E-state index contributed by atoms with van der Waals surface area (Å²) in [5.41, 5.74) is 5.84. The van der Waals surface area contributed by atoms with Crippen molar-refractivity contribution >= 4 is 11.7 Å². The van der Waals surface area contributed by atoms with Gasteiger partial charge in [0.05, 0.1) is 6.04 Å². The molecule has 0 bridgehead atoms. The summed E-state index contributed by atoms with van der Waals surface area (Å²) in [7, 11) is 0. The van der Waals surface area contributed by atoms with E-state index < -0.39 is 0 Å². The van der Waals surface area contributed by atoms with E-state index in [1.165, 1.54) is 6.42 Å². The highest BCUT2D eigenvalue weighted by Gasteiger charge is 2.68. The zero-order chi connectivity index (χ0) is 15.8. The van der Waals surface area contributed by atoms with E-state index in [-0.39, 0.29) is 40.5 Å². The van der Waals surface area contributed by atoms with E-state index in [4.69, 9.17) is 10.9 Å². The van der Waals surface area contributed by atoms with Crippen LogP contribution in [-0.2, 0) is 4.79 Å². The molecule has 5 nitrogen and oxygen atoms in total. The van der Waals surface area contributed by atoms with Gasteiger partial charge in [0.1, 0.15) is 0 Å². The van der Waals surface area contributed by atoms with Crippen LogP contribution in [0.1, 0.15) is 59.8 Å². The van der Waals surface area contributed by atoms with Crippen molar-refractivity contribution in [1.82, 2.24) is 5.32 Å². The minimum absolute atomic E-state index is 0.000677. The Morgan fingerprint density at radius 2 is 1.71 bits per heavy atom. The van der Waals surface area contributed by atoms with Gasteiger partial charge in [0.25, 0.3) is 0 Å². The Kier molecular flexibility index (Phi) is 4.22. The number of amidine groups is 1. The lowest BCUT2D eigenvalue weighted by atomic mass is 9.83. The third-order valence-electron chi connectivity index (χ3n) is 6.14. The highest BCUT2D eigenvalue weighted by Crippen LogP contribution is 2.68. The standard InChI is InChI=1S/C16H29N3O2/c1-15(2)12(16(15,3)4)14(20)18-11(13(17)19-21)10-8-6-5-7-9-10/h10-12,21H,5-9H2,1-4H3,(H2,17,19)(H,18,20). The Morgan fingerprint density at radius 1 is 1.19 bits per heavy atom. The second-order valence-corrected chi connectivity index (χ2v) is 7.79. The number of amides is 1. The summed E-state index contributed by atoms with van der Waals surface area (Å²) in [6.45, 7) is 8.49. The summed E-state index contributed by atoms with van der Waals surface area (Å²) in [6, 6.07) is -0.338. The molecule has 1 amide bonds. The van der Waals surface area contributed by atoms with Crippen LogP contribution in [0.15, 0.2) is 5.16 Å². The monoisotopic (exact) mass is 295 g/mol. The Morgan fingerprint density at radius 3 is 2.14 bits per heavy atom. The van der Waals surface area contributed by atoms with Crippen LogP contribution >= 0.6 is 0 Å². The molecule has 2 aliphatic carbocycles. The molecule has 2 rings (SSSR count). The minimum Gasteiger partial charge on any atom is -0.409 e. The zero-order valence-corrected chi connectivity index (χ0v) is 13.6. The molecule has 0 radical (unpaired) electrons. The van der Waals surface area contributed by atoms with Crippen LogP contribution < -0.4 is 11.1 Å². The molecule has 0 saturated heterocycles. The van der Waals surface area contributed by atoms with Gasteiger partial charge in [0.15, 0.2) is 5.84 Å². The van der Waals surface area contributed by atoms with Crippen molar-refractivity contribution in [3.05, 3.63) is 0 Å². The van der Waals surface area contributed by atoms with Gasteiger partial charge in [0.2, 0.25) is 5.91 Å². The van der Waals surface area contributed by atoms with E-state index >= 15 is 0 Å². The van der Waals surface area contributed by atoms with E-state index in [9.17, 15) is 4.79 Å². The number of nitrogens with zero attached hydrogens (tertiary/aromatic N) is 1. The fourth-order valence-corrected chi connectivity index (χ4v) is 4.05. The first-order valence-electron chi connectivity index (χ1n) is 8.01. The predicted molar refractivity (Wildman–Crippen MR) is 83.0 cm³/mol. The van der Waals surface area contributed by atoms with Gasteiger partial charge in [0, 0.05) is 5.92 Å². The Bertz CT molecular complexity index is 423. The van der Waals surface area contributed by atoms with Gasteiger partial charge in [-0.2, -0.15) is 0 Å². The fourth-order valence-electron chi connectivity index (χ4n) is 4.05. The highest BCUT2D eigenvalue weighted by atomic mass is 16.4. The Labute approximate surface area is 127 Å². The van der Waals surface area contributed by atoms with E-state index in [1.54, 1.807) is 0 Å². The normalized spacial score (nSPS) is 27.1. The zero-order valence-electron chi connectivity index (χ0n) is 13.6. The molecule has 1 atom stereocenters. The largest absolute Gasteiger partial charge is 0.409 e. The summed E-state index contributed by atoms with van der Waals surface area (Å²) in [6.07, 6.45) is 5.58. The average molecular weight is 295 g/mol. The van der Waals surface area contributed by atoms with Gasteiger partial charge in [-0.1, -0.05) is 52.1 Å². The lowest BCUT2D eigenvalue weighted by Crippen LogP contribution is -2.50. The SMILES string of the molecule is CC1(C)C(C(=O)NC(C(N)=NO)C2CCCCC2)C1(C)C. The second-order valence-electron chi connectivity index (χ2n) is 7.79. The van der Waals surface area contributed by atoms with E-state index in [1.807, 2.05) is 0 Å². The van der Waals surface area contributed by atoms with Crippen LogP contribution in [0.3, 0.4) is 0 Å². The van der Waals surface area contributed by atoms with Crippen LogP contribution in [0.2, 0.25) is 0 Å². The maximum Gasteiger partial charge on any atom is 0.224 e. The van der Waals surface area contributed by atoms with Crippen LogP contribution in [0.25, 0.3) is 0 Å². The molecule has 2 saturated carbocycles. The van der Waals surface area contributed by atoms with Gasteiger partial charge >= 0.3 is 0 Å². The van der Waals surface area contributed by atoms with Gasteiger partial charge in [-0.25, -0.2) is 0 Å². The number of hydrogen-bond acceptors (Lipinski definition) is 3. The average Bonchev–Trinajstić information content (AvgIpc) is 2.86. The van der Waals surface area contributed by atoms with Crippen LogP contribution in [0, 0.1) is 22.7 Å². The molecule has 5 heteroatoms. The lowest BCUT2D eigenvalue weighted by molar-refractivity contribution is -0.124. The lowest BCUT2D eigenvalue weighted by Gasteiger charge is -2.30. The smallest absolute Gasteiger partial charge is 0.224 e. The third-order valence-corrected chi connectivity index (χ3v) is 6.14. The molecule has 2 aliphatic rings. The van der Waals surface area contributed by atoms with E-state index in [2.05, 4.69) is 38.2 Å². The molecule has 0 aliphatic heterocycles. The molecule has 4 N–H and O–H groups in total. The topological polar surface area (TPSA) is 87.7 Å². The van der Waals surface area contributed by atoms with E-state index in [0.29, 0.717) is 0 Å². The fraction of sp³-hybridized carbons (Fsp3) is 0.875. The van der Waals surface area contributed by atoms with Gasteiger partial charge in [-0.3, -0.25) is 4.79 Å². The van der Waals surface area contributed by atoms with Gasteiger partial charge in [-0.05, 0) is 29.6 Å². The summed E-state index contributed by atoms with van der Waals surface area (Å²) in [5.74, 6) is 0.435. The number of nitrogens with one attached hydrogen (secondary N) is 1. The molecule has 0 heterocycles. The summed E-state index contributed by atoms with van der Waals surface area (Å²) >= 11 is 0. The number of carbonyl (C=O) groups excluding carboxylic acids is 1. The molecule has 0 aromatic rings. The second kappa shape index (κ2) is 5.50. The molecular formula is C16H29N3O2. The van der Waals surface area contributed by atoms with Crippen molar-refractivity contribution in [3.63, 3.8) is 0 Å². The molecule has 0 spiro atoms. The molecule has 1 unspecified atom stereocenters. The van der Waals surface area contributed by atoms with Crippen LogP contribution in [0.4, 0.5) is 0 Å². The van der Waals surface area contributed by atoms with Crippen molar-refractivity contribution in [2.75, 3.05) is 0 Å². The molecule has 0 aromatic carbocycles. The van der Waals surface area contributed by atoms with Crippen molar-refractivity contribution in [2.45, 2.75) is 65.8 Å². The van der Waals surface area contributed by atoms with Crippen molar-refractivity contribution < 1.29 is 10.0 Å². The Balaban J connectivity index is 2.07. The van der Waals surface area contributed by atoms with Crippen molar-refractivity contribution in [3.8, 4) is 0 Å². The van der Waals surface area contributed by atoms with Gasteiger partial charge in [-0.15, -0.1) is 0 Å². The number of carbonyl (C=O) groups is 1. The van der Waals surface area contributed by atoms with Gasteiger partial charge < -0.3 is 16.3 Å². The summed E-state index contributed by atoms with van der Waals surface area (Å²) < 4.78 is 0.